The summed E-state index contributed by atoms with van der Waals surface area (Å²) < 4.78 is 20.6. The summed E-state index contributed by atoms with van der Waals surface area (Å²) in [5.41, 5.74) is 0.595. The Balaban J connectivity index is 1.95. The molecule has 0 bridgehead atoms. The summed E-state index contributed by atoms with van der Waals surface area (Å²) in [6.45, 7) is 0.681. The summed E-state index contributed by atoms with van der Waals surface area (Å²) in [6, 6.07) is 3.40. The van der Waals surface area contributed by atoms with E-state index >= 15 is 0 Å². The normalized spacial score (nSPS) is 18.6. The molecule has 3 rings (SSSR count). The van der Waals surface area contributed by atoms with Gasteiger partial charge in [-0.3, -0.25) is 10.1 Å². The number of benzene rings is 1. The van der Waals surface area contributed by atoms with E-state index < -0.39 is 10.7 Å². The Morgan fingerprint density at radius 2 is 2.29 bits per heavy atom. The number of nitro benzene ring substituents is 1. The predicted molar refractivity (Wildman–Crippen MR) is 73.1 cm³/mol. The molecule has 110 valence electrons. The highest BCUT2D eigenvalue weighted by atomic mass is 19.1. The van der Waals surface area contributed by atoms with E-state index in [-0.39, 0.29) is 17.5 Å². The Bertz CT molecular complexity index is 665. The zero-order chi connectivity index (χ0) is 14.8. The lowest BCUT2D eigenvalue weighted by Crippen LogP contribution is -2.18. The minimum atomic E-state index is -0.525. The third-order valence-electron chi connectivity index (χ3n) is 3.52. The van der Waals surface area contributed by atoms with Gasteiger partial charge in [0.2, 0.25) is 0 Å². The Morgan fingerprint density at radius 1 is 1.43 bits per heavy atom. The molecule has 1 unspecified atom stereocenters. The van der Waals surface area contributed by atoms with Crippen molar-refractivity contribution in [2.45, 2.75) is 25.5 Å². The van der Waals surface area contributed by atoms with Gasteiger partial charge in [-0.1, -0.05) is 0 Å². The zero-order valence-electron chi connectivity index (χ0n) is 11.2. The molecule has 0 saturated carbocycles. The van der Waals surface area contributed by atoms with Gasteiger partial charge in [0.05, 0.1) is 16.7 Å². The fourth-order valence-electron chi connectivity index (χ4n) is 2.47. The minimum Gasteiger partial charge on any atom is -0.357 e. The summed E-state index contributed by atoms with van der Waals surface area (Å²) in [4.78, 5) is 10.5. The number of hydrogen-bond donors (Lipinski definition) is 0. The highest BCUT2D eigenvalue weighted by Gasteiger charge is 2.20. The number of nitrogens with zero attached hydrogens (tertiary/aromatic N) is 3. The van der Waals surface area contributed by atoms with Crippen molar-refractivity contribution in [3.8, 4) is 11.1 Å². The molecule has 1 saturated heterocycles. The smallest absolute Gasteiger partial charge is 0.277 e. The van der Waals surface area contributed by atoms with Gasteiger partial charge in [0.25, 0.3) is 5.69 Å². The quantitative estimate of drug-likeness (QED) is 0.642. The molecule has 1 atom stereocenters. The Hall–Kier alpha value is -2.28. The summed E-state index contributed by atoms with van der Waals surface area (Å²) >= 11 is 0. The first kappa shape index (κ1) is 13.7. The van der Waals surface area contributed by atoms with E-state index in [2.05, 4.69) is 5.10 Å². The number of ether oxygens (including phenoxy) is 1. The summed E-state index contributed by atoms with van der Waals surface area (Å²) in [7, 11) is 0. The van der Waals surface area contributed by atoms with Gasteiger partial charge in [-0.05, 0) is 31.4 Å². The van der Waals surface area contributed by atoms with Crippen molar-refractivity contribution >= 4 is 5.69 Å². The molecule has 0 radical (unpaired) electrons. The van der Waals surface area contributed by atoms with Crippen molar-refractivity contribution in [2.75, 3.05) is 6.61 Å². The molecule has 1 aromatic carbocycles. The van der Waals surface area contributed by atoms with Crippen LogP contribution < -0.4 is 0 Å². The largest absolute Gasteiger partial charge is 0.357 e. The van der Waals surface area contributed by atoms with Crippen LogP contribution in [0.4, 0.5) is 10.1 Å². The average molecular weight is 291 g/mol. The molecule has 0 N–H and O–H groups in total. The summed E-state index contributed by atoms with van der Waals surface area (Å²) in [5, 5.41) is 15.2. The molecule has 6 nitrogen and oxygen atoms in total. The van der Waals surface area contributed by atoms with E-state index in [9.17, 15) is 14.5 Å². The number of halogens is 1. The lowest BCUT2D eigenvalue weighted by molar-refractivity contribution is -0.384. The third kappa shape index (κ3) is 2.78. The third-order valence-corrected chi connectivity index (χ3v) is 3.52. The molecule has 0 amide bonds. The first-order chi connectivity index (χ1) is 10.1. The van der Waals surface area contributed by atoms with E-state index in [4.69, 9.17) is 4.74 Å². The minimum absolute atomic E-state index is 0.138. The van der Waals surface area contributed by atoms with Crippen molar-refractivity contribution in [2.24, 2.45) is 0 Å². The second kappa shape index (κ2) is 5.61. The molecule has 0 spiro atoms. The van der Waals surface area contributed by atoms with E-state index in [0.29, 0.717) is 12.2 Å². The molecule has 2 aromatic rings. The highest BCUT2D eigenvalue weighted by molar-refractivity contribution is 5.72. The maximum absolute atomic E-state index is 13.4. The first-order valence-electron chi connectivity index (χ1n) is 6.75. The lowest BCUT2D eigenvalue weighted by Gasteiger charge is -2.22. The number of aromatic nitrogens is 2. The topological polar surface area (TPSA) is 70.2 Å². The molecule has 1 fully saturated rings. The van der Waals surface area contributed by atoms with Crippen LogP contribution in [-0.2, 0) is 4.74 Å². The molecule has 2 heterocycles. The fraction of sp³-hybridized carbons (Fsp3) is 0.357. The van der Waals surface area contributed by atoms with Crippen LogP contribution in [0, 0.1) is 15.9 Å². The van der Waals surface area contributed by atoms with E-state index in [1.165, 1.54) is 12.3 Å². The molecular formula is C14H14FN3O3. The average Bonchev–Trinajstić information content (AvgIpc) is 2.97. The van der Waals surface area contributed by atoms with Crippen molar-refractivity contribution in [1.29, 1.82) is 0 Å². The van der Waals surface area contributed by atoms with Gasteiger partial charge < -0.3 is 4.74 Å². The molecular weight excluding hydrogens is 277 g/mol. The maximum Gasteiger partial charge on any atom is 0.277 e. The maximum atomic E-state index is 13.4. The van der Waals surface area contributed by atoms with Crippen LogP contribution in [0.5, 0.6) is 0 Å². The van der Waals surface area contributed by atoms with Crippen LogP contribution in [0.1, 0.15) is 25.5 Å². The monoisotopic (exact) mass is 291 g/mol. The van der Waals surface area contributed by atoms with Crippen LogP contribution in [-0.4, -0.2) is 21.3 Å². The Labute approximate surface area is 120 Å². The Kier molecular flexibility index (Phi) is 3.66. The van der Waals surface area contributed by atoms with Crippen molar-refractivity contribution in [1.82, 2.24) is 9.78 Å². The molecule has 21 heavy (non-hydrogen) atoms. The number of hydrogen-bond acceptors (Lipinski definition) is 4. The van der Waals surface area contributed by atoms with Crippen molar-refractivity contribution in [3.63, 3.8) is 0 Å². The van der Waals surface area contributed by atoms with Crippen LogP contribution in [0.25, 0.3) is 11.1 Å². The molecule has 1 aliphatic heterocycles. The first-order valence-corrected chi connectivity index (χ1v) is 6.75. The molecule has 7 heteroatoms. The second-order valence-electron chi connectivity index (χ2n) is 4.95. The lowest BCUT2D eigenvalue weighted by atomic mass is 10.1. The van der Waals surface area contributed by atoms with Crippen LogP contribution >= 0.6 is 0 Å². The molecule has 1 aromatic heterocycles. The van der Waals surface area contributed by atoms with E-state index in [0.717, 1.165) is 31.4 Å². The van der Waals surface area contributed by atoms with Gasteiger partial charge in [0.1, 0.15) is 12.0 Å². The van der Waals surface area contributed by atoms with Crippen LogP contribution in [0.15, 0.2) is 30.6 Å². The highest BCUT2D eigenvalue weighted by Crippen LogP contribution is 2.31. The number of rotatable bonds is 3. The van der Waals surface area contributed by atoms with Gasteiger partial charge >= 0.3 is 0 Å². The van der Waals surface area contributed by atoms with Gasteiger partial charge in [-0.2, -0.15) is 5.10 Å². The van der Waals surface area contributed by atoms with Gasteiger partial charge in [0.15, 0.2) is 0 Å². The number of nitro groups is 1. The fourth-order valence-corrected chi connectivity index (χ4v) is 2.47. The SMILES string of the molecule is O=[N+]([O-])c1ccc(F)cc1-c1cnn(C2CCCCO2)c1. The van der Waals surface area contributed by atoms with Crippen molar-refractivity contribution in [3.05, 3.63) is 46.5 Å². The van der Waals surface area contributed by atoms with Crippen LogP contribution in [0.2, 0.25) is 0 Å². The molecule has 0 aliphatic carbocycles. The molecule has 1 aliphatic rings. The second-order valence-corrected chi connectivity index (χ2v) is 4.95. The zero-order valence-corrected chi connectivity index (χ0v) is 11.2. The van der Waals surface area contributed by atoms with Crippen molar-refractivity contribution < 1.29 is 14.1 Å². The van der Waals surface area contributed by atoms with E-state index in [1.54, 1.807) is 10.9 Å². The standard InChI is InChI=1S/C14H14FN3O3/c15-11-4-5-13(18(19)20)12(7-11)10-8-16-17(9-10)14-3-1-2-6-21-14/h4-5,7-9,14H,1-3,6H2. The predicted octanol–water partition coefficient (Wildman–Crippen LogP) is 3.30. The van der Waals surface area contributed by atoms with Gasteiger partial charge in [0, 0.05) is 24.4 Å². The summed E-state index contributed by atoms with van der Waals surface area (Å²) in [6.07, 6.45) is 5.95. The van der Waals surface area contributed by atoms with Gasteiger partial charge in [-0.15, -0.1) is 0 Å². The van der Waals surface area contributed by atoms with Gasteiger partial charge in [-0.25, -0.2) is 9.07 Å². The van der Waals surface area contributed by atoms with Crippen LogP contribution in [0.3, 0.4) is 0 Å². The summed E-state index contributed by atoms with van der Waals surface area (Å²) in [5.74, 6) is -0.516. The van der Waals surface area contributed by atoms with E-state index in [1.807, 2.05) is 0 Å². The Morgan fingerprint density at radius 3 is 3.00 bits per heavy atom.